The van der Waals surface area contributed by atoms with E-state index >= 15 is 0 Å². The zero-order valence-electron chi connectivity index (χ0n) is 9.16. The monoisotopic (exact) mass is 208 g/mol. The van der Waals surface area contributed by atoms with Gasteiger partial charge in [-0.15, -0.1) is 0 Å². The van der Waals surface area contributed by atoms with Crippen molar-refractivity contribution in [2.45, 2.75) is 19.8 Å². The van der Waals surface area contributed by atoms with Gasteiger partial charge >= 0.3 is 5.97 Å². The van der Waals surface area contributed by atoms with Crippen LogP contribution in [0.25, 0.3) is 0 Å². The molecule has 0 aromatic heterocycles. The number of hydrogen-bond acceptors (Lipinski definition) is 3. The summed E-state index contributed by atoms with van der Waals surface area (Å²) in [6, 6.07) is 7.76. The summed E-state index contributed by atoms with van der Waals surface area (Å²) >= 11 is 0. The maximum atomic E-state index is 10.8. The van der Waals surface area contributed by atoms with Crippen molar-refractivity contribution >= 4 is 5.97 Å². The Labute approximate surface area is 90.0 Å². The van der Waals surface area contributed by atoms with E-state index in [1.807, 2.05) is 24.3 Å². The minimum Gasteiger partial charge on any atom is -0.482 e. The van der Waals surface area contributed by atoms with Gasteiger partial charge < -0.3 is 9.47 Å². The van der Waals surface area contributed by atoms with Crippen LogP contribution in [0.1, 0.15) is 18.9 Å². The van der Waals surface area contributed by atoms with Gasteiger partial charge in [-0.05, 0) is 24.1 Å². The lowest BCUT2D eigenvalue weighted by Gasteiger charge is -2.05. The zero-order valence-corrected chi connectivity index (χ0v) is 9.16. The van der Waals surface area contributed by atoms with Gasteiger partial charge in [0.05, 0.1) is 7.11 Å². The number of esters is 1. The number of carbonyl (C=O) groups is 1. The predicted octanol–water partition coefficient (Wildman–Crippen LogP) is 2.19. The quantitative estimate of drug-likeness (QED) is 0.696. The molecular formula is C12H16O3. The van der Waals surface area contributed by atoms with Crippen LogP contribution in [-0.4, -0.2) is 19.7 Å². The first kappa shape index (κ1) is 11.6. The van der Waals surface area contributed by atoms with E-state index in [0.29, 0.717) is 5.75 Å². The molecule has 0 N–H and O–H groups in total. The molecule has 0 unspecified atom stereocenters. The number of aryl methyl sites for hydroxylation is 1. The van der Waals surface area contributed by atoms with E-state index in [9.17, 15) is 4.79 Å². The van der Waals surface area contributed by atoms with Crippen molar-refractivity contribution in [3.63, 3.8) is 0 Å². The molecule has 82 valence electrons. The molecule has 1 aromatic carbocycles. The third kappa shape index (κ3) is 4.02. The lowest BCUT2D eigenvalue weighted by Crippen LogP contribution is -2.12. The van der Waals surface area contributed by atoms with Crippen LogP contribution in [0.15, 0.2) is 24.3 Å². The van der Waals surface area contributed by atoms with Crippen molar-refractivity contribution in [3.8, 4) is 5.75 Å². The molecule has 0 saturated heterocycles. The van der Waals surface area contributed by atoms with E-state index in [1.165, 1.54) is 12.7 Å². The second-order valence-corrected chi connectivity index (χ2v) is 3.26. The van der Waals surface area contributed by atoms with Crippen LogP contribution in [0.4, 0.5) is 0 Å². The average Bonchev–Trinajstić information content (AvgIpc) is 2.28. The summed E-state index contributed by atoms with van der Waals surface area (Å²) < 4.78 is 9.69. The first-order valence-corrected chi connectivity index (χ1v) is 5.04. The average molecular weight is 208 g/mol. The minimum absolute atomic E-state index is 0.0381. The summed E-state index contributed by atoms with van der Waals surface area (Å²) in [5.74, 6) is 0.327. The van der Waals surface area contributed by atoms with Crippen LogP contribution in [-0.2, 0) is 16.0 Å². The highest BCUT2D eigenvalue weighted by atomic mass is 16.6. The molecule has 0 aliphatic heterocycles. The molecule has 0 aliphatic rings. The lowest BCUT2D eigenvalue weighted by molar-refractivity contribution is -0.142. The second kappa shape index (κ2) is 6.06. The molecule has 0 bridgehead atoms. The topological polar surface area (TPSA) is 35.5 Å². The smallest absolute Gasteiger partial charge is 0.343 e. The van der Waals surface area contributed by atoms with Crippen LogP contribution < -0.4 is 4.74 Å². The van der Waals surface area contributed by atoms with Crippen molar-refractivity contribution in [1.82, 2.24) is 0 Å². The van der Waals surface area contributed by atoms with Crippen molar-refractivity contribution < 1.29 is 14.3 Å². The standard InChI is InChI=1S/C12H16O3/c1-3-4-10-5-7-11(8-6-10)15-9-12(13)14-2/h5-8H,3-4,9H2,1-2H3. The Morgan fingerprint density at radius 3 is 2.47 bits per heavy atom. The van der Waals surface area contributed by atoms with Crippen molar-refractivity contribution in [2.75, 3.05) is 13.7 Å². The van der Waals surface area contributed by atoms with E-state index < -0.39 is 0 Å². The first-order chi connectivity index (χ1) is 7.26. The van der Waals surface area contributed by atoms with Gasteiger partial charge in [-0.3, -0.25) is 0 Å². The van der Waals surface area contributed by atoms with Gasteiger partial charge in [0, 0.05) is 0 Å². The highest BCUT2D eigenvalue weighted by molar-refractivity contribution is 5.70. The van der Waals surface area contributed by atoms with Crippen molar-refractivity contribution in [3.05, 3.63) is 29.8 Å². The molecule has 1 rings (SSSR count). The predicted molar refractivity (Wildman–Crippen MR) is 57.9 cm³/mol. The fourth-order valence-electron chi connectivity index (χ4n) is 1.24. The Bertz CT molecular complexity index is 303. The molecule has 0 aliphatic carbocycles. The molecule has 0 saturated carbocycles. The second-order valence-electron chi connectivity index (χ2n) is 3.26. The molecule has 0 amide bonds. The van der Waals surface area contributed by atoms with Gasteiger partial charge in [-0.2, -0.15) is 0 Å². The third-order valence-electron chi connectivity index (χ3n) is 2.05. The van der Waals surface area contributed by atoms with Gasteiger partial charge in [0.1, 0.15) is 5.75 Å². The Morgan fingerprint density at radius 1 is 1.27 bits per heavy atom. The van der Waals surface area contributed by atoms with Crippen LogP contribution in [0.2, 0.25) is 0 Å². The van der Waals surface area contributed by atoms with Gasteiger partial charge in [-0.1, -0.05) is 25.5 Å². The molecule has 3 heteroatoms. The van der Waals surface area contributed by atoms with Crippen molar-refractivity contribution in [2.24, 2.45) is 0 Å². The SMILES string of the molecule is CCCc1ccc(OCC(=O)OC)cc1. The van der Waals surface area contributed by atoms with Gasteiger partial charge in [0.2, 0.25) is 0 Å². The van der Waals surface area contributed by atoms with Gasteiger partial charge in [-0.25, -0.2) is 4.79 Å². The first-order valence-electron chi connectivity index (χ1n) is 5.04. The summed E-state index contributed by atoms with van der Waals surface area (Å²) in [7, 11) is 1.34. The number of ether oxygens (including phenoxy) is 2. The number of hydrogen-bond donors (Lipinski definition) is 0. The van der Waals surface area contributed by atoms with Crippen LogP contribution in [0, 0.1) is 0 Å². The molecule has 0 spiro atoms. The van der Waals surface area contributed by atoms with Gasteiger partial charge in [0.15, 0.2) is 6.61 Å². The molecule has 3 nitrogen and oxygen atoms in total. The van der Waals surface area contributed by atoms with Crippen LogP contribution >= 0.6 is 0 Å². The number of methoxy groups -OCH3 is 1. The number of benzene rings is 1. The van der Waals surface area contributed by atoms with Crippen LogP contribution in [0.5, 0.6) is 5.75 Å². The Balaban J connectivity index is 2.45. The fraction of sp³-hybridized carbons (Fsp3) is 0.417. The number of carbonyl (C=O) groups excluding carboxylic acids is 1. The van der Waals surface area contributed by atoms with E-state index in [1.54, 1.807) is 0 Å². The molecule has 15 heavy (non-hydrogen) atoms. The molecule has 1 aromatic rings. The van der Waals surface area contributed by atoms with E-state index in [-0.39, 0.29) is 12.6 Å². The third-order valence-corrected chi connectivity index (χ3v) is 2.05. The van der Waals surface area contributed by atoms with Crippen molar-refractivity contribution in [1.29, 1.82) is 0 Å². The molecule has 0 heterocycles. The molecule has 0 fully saturated rings. The van der Waals surface area contributed by atoms with E-state index in [4.69, 9.17) is 4.74 Å². The molecule has 0 radical (unpaired) electrons. The summed E-state index contributed by atoms with van der Waals surface area (Å²) in [5.41, 5.74) is 1.28. The zero-order chi connectivity index (χ0) is 11.1. The van der Waals surface area contributed by atoms with E-state index in [2.05, 4.69) is 11.7 Å². The summed E-state index contributed by atoms with van der Waals surface area (Å²) in [6.07, 6.45) is 2.19. The lowest BCUT2D eigenvalue weighted by atomic mass is 10.1. The Hall–Kier alpha value is -1.51. The molecule has 0 atom stereocenters. The largest absolute Gasteiger partial charge is 0.482 e. The Kier molecular flexibility index (Phi) is 4.68. The summed E-state index contributed by atoms with van der Waals surface area (Å²) in [5, 5.41) is 0. The fourth-order valence-corrected chi connectivity index (χ4v) is 1.24. The van der Waals surface area contributed by atoms with Crippen LogP contribution in [0.3, 0.4) is 0 Å². The maximum Gasteiger partial charge on any atom is 0.343 e. The summed E-state index contributed by atoms with van der Waals surface area (Å²) in [6.45, 7) is 2.10. The number of rotatable bonds is 5. The minimum atomic E-state index is -0.368. The normalized spacial score (nSPS) is 9.73. The highest BCUT2D eigenvalue weighted by Crippen LogP contribution is 2.13. The van der Waals surface area contributed by atoms with Gasteiger partial charge in [0.25, 0.3) is 0 Å². The highest BCUT2D eigenvalue weighted by Gasteiger charge is 2.01. The molecular weight excluding hydrogens is 192 g/mol. The maximum absolute atomic E-state index is 10.8. The Morgan fingerprint density at radius 2 is 1.93 bits per heavy atom. The summed E-state index contributed by atoms with van der Waals surface area (Å²) in [4.78, 5) is 10.8. The van der Waals surface area contributed by atoms with E-state index in [0.717, 1.165) is 12.8 Å².